The lowest BCUT2D eigenvalue weighted by Gasteiger charge is -2.11. The van der Waals surface area contributed by atoms with Crippen molar-refractivity contribution in [3.63, 3.8) is 0 Å². The van der Waals surface area contributed by atoms with Crippen LogP contribution in [-0.4, -0.2) is 18.1 Å². The number of nitrogens with two attached hydrogens (primary N) is 1. The molecule has 1 atom stereocenters. The molecule has 3 rings (SSSR count). The predicted molar refractivity (Wildman–Crippen MR) is 64.4 cm³/mol. The molecule has 0 spiro atoms. The minimum Gasteiger partial charge on any atom is -0.423 e. The van der Waals surface area contributed by atoms with Crippen molar-refractivity contribution in [2.24, 2.45) is 5.92 Å². The van der Waals surface area contributed by atoms with Gasteiger partial charge in [0.15, 0.2) is 5.58 Å². The second-order valence-electron chi connectivity index (χ2n) is 4.53. The van der Waals surface area contributed by atoms with Crippen LogP contribution in [-0.2, 0) is 0 Å². The molecule has 2 heterocycles. The van der Waals surface area contributed by atoms with Crippen molar-refractivity contribution in [3.05, 3.63) is 18.2 Å². The molecule has 1 unspecified atom stereocenters. The van der Waals surface area contributed by atoms with E-state index >= 15 is 0 Å². The van der Waals surface area contributed by atoms with Crippen LogP contribution in [0.5, 0.6) is 0 Å². The van der Waals surface area contributed by atoms with Gasteiger partial charge in [-0.1, -0.05) is 13.0 Å². The molecular formula is C12H15N3O. The summed E-state index contributed by atoms with van der Waals surface area (Å²) in [5.74, 6) is 0.715. The summed E-state index contributed by atoms with van der Waals surface area (Å²) in [7, 11) is 0. The molecule has 4 nitrogen and oxygen atoms in total. The van der Waals surface area contributed by atoms with Gasteiger partial charge < -0.3 is 15.1 Å². The minimum atomic E-state index is 0.680. The van der Waals surface area contributed by atoms with E-state index in [9.17, 15) is 0 Å². The van der Waals surface area contributed by atoms with E-state index in [2.05, 4.69) is 16.8 Å². The molecule has 2 aromatic rings. The Morgan fingerprint density at radius 2 is 2.38 bits per heavy atom. The van der Waals surface area contributed by atoms with E-state index in [1.165, 1.54) is 6.42 Å². The summed E-state index contributed by atoms with van der Waals surface area (Å²) in [4.78, 5) is 6.65. The van der Waals surface area contributed by atoms with Crippen LogP contribution in [0.2, 0.25) is 0 Å². The van der Waals surface area contributed by atoms with Gasteiger partial charge in [0, 0.05) is 13.1 Å². The third-order valence-corrected chi connectivity index (χ3v) is 3.13. The standard InChI is InChI=1S/C12H15N3O/c1-8-5-6-15(7-8)12-14-11-9(13)3-2-4-10(11)16-12/h2-4,8H,5-7,13H2,1H3. The molecule has 1 aromatic carbocycles. The zero-order valence-electron chi connectivity index (χ0n) is 9.31. The van der Waals surface area contributed by atoms with Crippen molar-refractivity contribution >= 4 is 22.8 Å². The van der Waals surface area contributed by atoms with Crippen molar-refractivity contribution < 1.29 is 4.42 Å². The van der Waals surface area contributed by atoms with Gasteiger partial charge in [-0.2, -0.15) is 4.98 Å². The summed E-state index contributed by atoms with van der Waals surface area (Å²) in [6.07, 6.45) is 1.20. The molecule has 0 amide bonds. The van der Waals surface area contributed by atoms with Crippen molar-refractivity contribution in [1.29, 1.82) is 0 Å². The fourth-order valence-electron chi connectivity index (χ4n) is 2.20. The van der Waals surface area contributed by atoms with Gasteiger partial charge in [0.25, 0.3) is 6.01 Å². The monoisotopic (exact) mass is 217 g/mol. The van der Waals surface area contributed by atoms with Gasteiger partial charge in [-0.25, -0.2) is 0 Å². The molecule has 0 saturated carbocycles. The van der Waals surface area contributed by atoms with Crippen LogP contribution in [0.25, 0.3) is 11.1 Å². The Labute approximate surface area is 94.0 Å². The molecule has 0 aliphatic carbocycles. The average molecular weight is 217 g/mol. The number of nitrogen functional groups attached to an aromatic ring is 1. The van der Waals surface area contributed by atoms with Crippen LogP contribution in [0.15, 0.2) is 22.6 Å². The van der Waals surface area contributed by atoms with Crippen LogP contribution in [0.4, 0.5) is 11.7 Å². The molecule has 1 aromatic heterocycles. The zero-order chi connectivity index (χ0) is 11.1. The lowest BCUT2D eigenvalue weighted by Crippen LogP contribution is -2.19. The molecule has 1 aliphatic heterocycles. The number of benzene rings is 1. The Balaban J connectivity index is 2.02. The lowest BCUT2D eigenvalue weighted by atomic mass is 10.2. The van der Waals surface area contributed by atoms with E-state index in [1.807, 2.05) is 18.2 Å². The van der Waals surface area contributed by atoms with Crippen LogP contribution >= 0.6 is 0 Å². The molecule has 84 valence electrons. The van der Waals surface area contributed by atoms with E-state index in [0.717, 1.165) is 24.2 Å². The largest absolute Gasteiger partial charge is 0.423 e. The van der Waals surface area contributed by atoms with Gasteiger partial charge in [-0.3, -0.25) is 0 Å². The first kappa shape index (κ1) is 9.51. The van der Waals surface area contributed by atoms with Gasteiger partial charge in [0.2, 0.25) is 0 Å². The van der Waals surface area contributed by atoms with Gasteiger partial charge >= 0.3 is 0 Å². The number of nitrogens with zero attached hydrogens (tertiary/aromatic N) is 2. The highest BCUT2D eigenvalue weighted by atomic mass is 16.4. The number of hydrogen-bond acceptors (Lipinski definition) is 4. The first-order valence-electron chi connectivity index (χ1n) is 5.64. The molecule has 0 bridgehead atoms. The van der Waals surface area contributed by atoms with Crippen LogP contribution in [0.1, 0.15) is 13.3 Å². The summed E-state index contributed by atoms with van der Waals surface area (Å²) in [6, 6.07) is 6.35. The lowest BCUT2D eigenvalue weighted by molar-refractivity contribution is 0.579. The first-order chi connectivity index (χ1) is 7.74. The van der Waals surface area contributed by atoms with Crippen LogP contribution in [0, 0.1) is 5.92 Å². The predicted octanol–water partition coefficient (Wildman–Crippen LogP) is 2.26. The Morgan fingerprint density at radius 1 is 1.50 bits per heavy atom. The Kier molecular flexibility index (Phi) is 2.02. The summed E-state index contributed by atoms with van der Waals surface area (Å²) in [6.45, 7) is 4.29. The molecule has 1 fully saturated rings. The molecule has 16 heavy (non-hydrogen) atoms. The SMILES string of the molecule is CC1CCN(c2nc3c(N)cccc3o2)C1. The highest BCUT2D eigenvalue weighted by molar-refractivity contribution is 5.86. The number of rotatable bonds is 1. The summed E-state index contributed by atoms with van der Waals surface area (Å²) in [5.41, 5.74) is 8.08. The smallest absolute Gasteiger partial charge is 0.298 e. The fraction of sp³-hybridized carbons (Fsp3) is 0.417. The van der Waals surface area contributed by atoms with E-state index in [0.29, 0.717) is 17.6 Å². The molecule has 0 radical (unpaired) electrons. The Bertz CT molecular complexity index is 520. The zero-order valence-corrected chi connectivity index (χ0v) is 9.31. The molecule has 1 aliphatic rings. The Hall–Kier alpha value is -1.71. The third kappa shape index (κ3) is 1.41. The van der Waals surface area contributed by atoms with E-state index in [-0.39, 0.29) is 0 Å². The second kappa shape index (κ2) is 3.40. The molecule has 1 saturated heterocycles. The minimum absolute atomic E-state index is 0.680. The number of aromatic nitrogens is 1. The molecule has 2 N–H and O–H groups in total. The number of anilines is 2. The topological polar surface area (TPSA) is 55.3 Å². The van der Waals surface area contributed by atoms with Gasteiger partial charge in [-0.15, -0.1) is 0 Å². The maximum atomic E-state index is 5.85. The molecule has 4 heteroatoms. The summed E-state index contributed by atoms with van der Waals surface area (Å²) < 4.78 is 5.72. The highest BCUT2D eigenvalue weighted by Crippen LogP contribution is 2.28. The number of fused-ring (bicyclic) bond motifs is 1. The normalized spacial score (nSPS) is 20.8. The van der Waals surface area contributed by atoms with E-state index in [1.54, 1.807) is 0 Å². The first-order valence-corrected chi connectivity index (χ1v) is 5.64. The Morgan fingerprint density at radius 3 is 3.06 bits per heavy atom. The number of para-hydroxylation sites is 1. The van der Waals surface area contributed by atoms with Crippen molar-refractivity contribution in [1.82, 2.24) is 4.98 Å². The maximum Gasteiger partial charge on any atom is 0.298 e. The van der Waals surface area contributed by atoms with E-state index in [4.69, 9.17) is 10.2 Å². The quantitative estimate of drug-likeness (QED) is 0.744. The van der Waals surface area contributed by atoms with Crippen molar-refractivity contribution in [2.75, 3.05) is 23.7 Å². The van der Waals surface area contributed by atoms with E-state index < -0.39 is 0 Å². The third-order valence-electron chi connectivity index (χ3n) is 3.13. The highest BCUT2D eigenvalue weighted by Gasteiger charge is 2.23. The average Bonchev–Trinajstić information content (AvgIpc) is 2.84. The number of hydrogen-bond donors (Lipinski definition) is 1. The van der Waals surface area contributed by atoms with Gasteiger partial charge in [0.1, 0.15) is 5.52 Å². The summed E-state index contributed by atoms with van der Waals surface area (Å²) in [5, 5.41) is 0. The maximum absolute atomic E-state index is 5.85. The van der Waals surface area contributed by atoms with Crippen LogP contribution in [0.3, 0.4) is 0 Å². The van der Waals surface area contributed by atoms with Crippen molar-refractivity contribution in [3.8, 4) is 0 Å². The summed E-state index contributed by atoms with van der Waals surface area (Å²) >= 11 is 0. The second-order valence-corrected chi connectivity index (χ2v) is 4.53. The van der Waals surface area contributed by atoms with Gasteiger partial charge in [-0.05, 0) is 24.5 Å². The molecular weight excluding hydrogens is 202 g/mol. The number of oxazole rings is 1. The van der Waals surface area contributed by atoms with Crippen LogP contribution < -0.4 is 10.6 Å². The fourth-order valence-corrected chi connectivity index (χ4v) is 2.20. The van der Waals surface area contributed by atoms with Crippen molar-refractivity contribution in [2.45, 2.75) is 13.3 Å². The van der Waals surface area contributed by atoms with Gasteiger partial charge in [0.05, 0.1) is 5.69 Å².